The van der Waals surface area contributed by atoms with Gasteiger partial charge in [-0.3, -0.25) is 4.79 Å². The van der Waals surface area contributed by atoms with Crippen LogP contribution in [0.2, 0.25) is 0 Å². The fourth-order valence-corrected chi connectivity index (χ4v) is 3.07. The van der Waals surface area contributed by atoms with Crippen molar-refractivity contribution in [2.24, 2.45) is 0 Å². The van der Waals surface area contributed by atoms with Crippen molar-refractivity contribution >= 4 is 23.2 Å². The Morgan fingerprint density at radius 1 is 1.36 bits per heavy atom. The molecule has 5 nitrogen and oxygen atoms in total. The molecule has 1 aliphatic carbocycles. The molecule has 0 aromatic carbocycles. The average Bonchev–Trinajstić information content (AvgIpc) is 3.23. The van der Waals surface area contributed by atoms with E-state index in [-0.39, 0.29) is 5.91 Å². The van der Waals surface area contributed by atoms with Crippen LogP contribution in [0.4, 0.5) is 0 Å². The minimum absolute atomic E-state index is 0.212. The Hall–Kier alpha value is -1.43. The average molecular weight is 324 g/mol. The molecule has 1 amide bonds. The monoisotopic (exact) mass is 324 g/mol. The van der Waals surface area contributed by atoms with Gasteiger partial charge in [-0.25, -0.2) is 9.78 Å². The second-order valence-electron chi connectivity index (χ2n) is 5.56. The summed E-state index contributed by atoms with van der Waals surface area (Å²) in [7, 11) is 0. The minimum Gasteiger partial charge on any atom is -0.461 e. The Labute approximate surface area is 135 Å². The van der Waals surface area contributed by atoms with Crippen molar-refractivity contribution < 1.29 is 14.3 Å². The van der Waals surface area contributed by atoms with Gasteiger partial charge >= 0.3 is 5.97 Å². The highest BCUT2D eigenvalue weighted by Gasteiger charge is 2.32. The van der Waals surface area contributed by atoms with Crippen LogP contribution in [0.25, 0.3) is 0 Å². The second kappa shape index (κ2) is 8.27. The molecule has 0 saturated heterocycles. The molecule has 6 heteroatoms. The zero-order valence-electron chi connectivity index (χ0n) is 13.3. The predicted molar refractivity (Wildman–Crippen MR) is 85.8 cm³/mol. The minimum atomic E-state index is -0.391. The van der Waals surface area contributed by atoms with Gasteiger partial charge in [0, 0.05) is 17.8 Å². The molecule has 122 valence electrons. The van der Waals surface area contributed by atoms with Crippen molar-refractivity contribution in [2.45, 2.75) is 65.0 Å². The number of thiazole rings is 1. The van der Waals surface area contributed by atoms with Crippen LogP contribution in [0.5, 0.6) is 0 Å². The van der Waals surface area contributed by atoms with Gasteiger partial charge in [-0.05, 0) is 26.2 Å². The normalized spacial score (nSPS) is 13.9. The van der Waals surface area contributed by atoms with E-state index in [1.807, 2.05) is 4.90 Å². The first-order valence-electron chi connectivity index (χ1n) is 8.06. The molecule has 0 spiro atoms. The third kappa shape index (κ3) is 4.80. The Kier molecular flexibility index (Phi) is 6.36. The highest BCUT2D eigenvalue weighted by atomic mass is 32.1. The summed E-state index contributed by atoms with van der Waals surface area (Å²) in [6, 6.07) is 0.365. The van der Waals surface area contributed by atoms with Gasteiger partial charge in [0.15, 0.2) is 5.69 Å². The van der Waals surface area contributed by atoms with E-state index in [4.69, 9.17) is 4.74 Å². The summed E-state index contributed by atoms with van der Waals surface area (Å²) in [6.07, 6.45) is 5.93. The van der Waals surface area contributed by atoms with E-state index < -0.39 is 5.97 Å². The molecule has 0 unspecified atom stereocenters. The molecule has 0 N–H and O–H groups in total. The summed E-state index contributed by atoms with van der Waals surface area (Å²) in [5, 5.41) is 2.51. The van der Waals surface area contributed by atoms with Gasteiger partial charge in [0.25, 0.3) is 0 Å². The first kappa shape index (κ1) is 16.9. The highest BCUT2D eigenvalue weighted by molar-refractivity contribution is 7.09. The van der Waals surface area contributed by atoms with Crippen molar-refractivity contribution in [1.82, 2.24) is 9.88 Å². The topological polar surface area (TPSA) is 59.5 Å². The van der Waals surface area contributed by atoms with Crippen LogP contribution in [0, 0.1) is 0 Å². The lowest BCUT2D eigenvalue weighted by molar-refractivity contribution is -0.132. The van der Waals surface area contributed by atoms with Gasteiger partial charge in [-0.1, -0.05) is 19.8 Å². The lowest BCUT2D eigenvalue weighted by Gasteiger charge is -2.21. The number of hydrogen-bond acceptors (Lipinski definition) is 5. The number of nitrogens with zero attached hydrogens (tertiary/aromatic N) is 2. The summed E-state index contributed by atoms with van der Waals surface area (Å²) in [4.78, 5) is 30.2. The van der Waals surface area contributed by atoms with E-state index in [9.17, 15) is 9.59 Å². The third-order valence-corrected chi connectivity index (χ3v) is 4.48. The lowest BCUT2D eigenvalue weighted by atomic mass is 10.2. The molecule has 1 aromatic rings. The van der Waals surface area contributed by atoms with Crippen LogP contribution >= 0.6 is 11.3 Å². The molecule has 2 rings (SSSR count). The summed E-state index contributed by atoms with van der Waals surface area (Å²) in [5.74, 6) is -0.180. The van der Waals surface area contributed by atoms with Crippen LogP contribution in [-0.4, -0.2) is 34.4 Å². The van der Waals surface area contributed by atoms with E-state index in [0.29, 0.717) is 31.3 Å². The molecule has 1 fully saturated rings. The van der Waals surface area contributed by atoms with E-state index >= 15 is 0 Å². The summed E-state index contributed by atoms with van der Waals surface area (Å²) in [5.41, 5.74) is 0.344. The molecule has 22 heavy (non-hydrogen) atoms. The number of esters is 1. The van der Waals surface area contributed by atoms with E-state index in [1.165, 1.54) is 11.3 Å². The van der Waals surface area contributed by atoms with E-state index in [2.05, 4.69) is 11.9 Å². The number of hydrogen-bond donors (Lipinski definition) is 0. The second-order valence-corrected chi connectivity index (χ2v) is 6.50. The summed E-state index contributed by atoms with van der Waals surface area (Å²) in [6.45, 7) is 4.76. The summed E-state index contributed by atoms with van der Waals surface area (Å²) < 4.78 is 4.94. The smallest absolute Gasteiger partial charge is 0.357 e. The van der Waals surface area contributed by atoms with Gasteiger partial charge in [0.2, 0.25) is 5.91 Å². The molecule has 1 heterocycles. The van der Waals surface area contributed by atoms with E-state index in [1.54, 1.807) is 12.3 Å². The van der Waals surface area contributed by atoms with Crippen molar-refractivity contribution in [3.05, 3.63) is 16.1 Å². The predicted octanol–water partition coefficient (Wildman–Crippen LogP) is 3.39. The SMILES string of the molecule is CCCCCC(=O)N(Cc1nc(C(=O)OCC)cs1)C1CC1. The Morgan fingerprint density at radius 3 is 2.77 bits per heavy atom. The third-order valence-electron chi connectivity index (χ3n) is 3.64. The van der Waals surface area contributed by atoms with Crippen LogP contribution < -0.4 is 0 Å². The molecule has 1 aliphatic rings. The number of unbranched alkanes of at least 4 members (excludes halogenated alkanes) is 2. The van der Waals surface area contributed by atoms with E-state index in [0.717, 1.165) is 37.1 Å². The highest BCUT2D eigenvalue weighted by Crippen LogP contribution is 2.30. The van der Waals surface area contributed by atoms with Crippen molar-refractivity contribution in [2.75, 3.05) is 6.61 Å². The number of ether oxygens (including phenoxy) is 1. The molecular weight excluding hydrogens is 300 g/mol. The number of amides is 1. The Bertz CT molecular complexity index is 511. The number of rotatable bonds is 9. The number of carbonyl (C=O) groups excluding carboxylic acids is 2. The van der Waals surface area contributed by atoms with Crippen LogP contribution in [0.3, 0.4) is 0 Å². The van der Waals surface area contributed by atoms with Gasteiger partial charge in [-0.2, -0.15) is 0 Å². The molecular formula is C16H24N2O3S. The maximum absolute atomic E-state index is 12.4. The molecule has 0 bridgehead atoms. The molecule has 0 radical (unpaired) electrons. The largest absolute Gasteiger partial charge is 0.461 e. The zero-order chi connectivity index (χ0) is 15.9. The Balaban J connectivity index is 1.93. The first-order chi connectivity index (χ1) is 10.7. The van der Waals surface area contributed by atoms with Gasteiger partial charge in [0.1, 0.15) is 5.01 Å². The molecule has 1 aromatic heterocycles. The van der Waals surface area contributed by atoms with Crippen LogP contribution in [0.1, 0.15) is 67.9 Å². The van der Waals surface area contributed by atoms with Crippen molar-refractivity contribution in [3.63, 3.8) is 0 Å². The maximum atomic E-state index is 12.4. The fourth-order valence-electron chi connectivity index (χ4n) is 2.30. The fraction of sp³-hybridized carbons (Fsp3) is 0.688. The standard InChI is InChI=1S/C16H24N2O3S/c1-3-5-6-7-15(19)18(12-8-9-12)10-14-17-13(11-22-14)16(20)21-4-2/h11-12H,3-10H2,1-2H3. The summed E-state index contributed by atoms with van der Waals surface area (Å²) >= 11 is 1.42. The number of aromatic nitrogens is 1. The van der Waals surface area contributed by atoms with Gasteiger partial charge < -0.3 is 9.64 Å². The van der Waals surface area contributed by atoms with Crippen LogP contribution in [0.15, 0.2) is 5.38 Å². The van der Waals surface area contributed by atoms with Gasteiger partial charge in [-0.15, -0.1) is 11.3 Å². The molecule has 1 saturated carbocycles. The lowest BCUT2D eigenvalue weighted by Crippen LogP contribution is -2.32. The van der Waals surface area contributed by atoms with Crippen molar-refractivity contribution in [3.8, 4) is 0 Å². The Morgan fingerprint density at radius 2 is 2.14 bits per heavy atom. The van der Waals surface area contributed by atoms with Gasteiger partial charge in [0.05, 0.1) is 13.2 Å². The van der Waals surface area contributed by atoms with Crippen molar-refractivity contribution in [1.29, 1.82) is 0 Å². The first-order valence-corrected chi connectivity index (χ1v) is 8.94. The maximum Gasteiger partial charge on any atom is 0.357 e. The quantitative estimate of drug-likeness (QED) is 0.516. The number of carbonyl (C=O) groups is 2. The molecule has 0 aliphatic heterocycles. The molecule has 0 atom stereocenters. The zero-order valence-corrected chi connectivity index (χ0v) is 14.2. The van der Waals surface area contributed by atoms with Crippen LogP contribution in [-0.2, 0) is 16.1 Å².